The highest BCUT2D eigenvalue weighted by Crippen LogP contribution is 2.26. The number of aryl methyl sites for hydroxylation is 1. The number of aromatic amines is 1. The van der Waals surface area contributed by atoms with Gasteiger partial charge in [-0.3, -0.25) is 10.5 Å². The van der Waals surface area contributed by atoms with E-state index in [1.807, 2.05) is 13.0 Å². The van der Waals surface area contributed by atoms with Gasteiger partial charge in [-0.25, -0.2) is 0 Å². The fraction of sp³-hybridized carbons (Fsp3) is 0.0909. The summed E-state index contributed by atoms with van der Waals surface area (Å²) in [5, 5.41) is 14.2. The maximum absolute atomic E-state index is 7.49. The summed E-state index contributed by atoms with van der Waals surface area (Å²) < 4.78 is 6.40. The molecule has 0 aliphatic heterocycles. The minimum atomic E-state index is -0.0476. The smallest absolute Gasteiger partial charge is 0.238 e. The Kier molecular flexibility index (Phi) is 3.14. The zero-order chi connectivity index (χ0) is 12.4. The van der Waals surface area contributed by atoms with E-state index >= 15 is 0 Å². The lowest BCUT2D eigenvalue weighted by molar-refractivity contribution is 0.460. The molecule has 0 amide bonds. The van der Waals surface area contributed by atoms with Gasteiger partial charge in [-0.2, -0.15) is 0 Å². The van der Waals surface area contributed by atoms with Crippen molar-refractivity contribution >= 4 is 21.8 Å². The first-order chi connectivity index (χ1) is 8.06. The van der Waals surface area contributed by atoms with Gasteiger partial charge in [0.1, 0.15) is 11.6 Å². The monoisotopic (exact) mass is 294 g/mol. The van der Waals surface area contributed by atoms with Crippen molar-refractivity contribution < 1.29 is 4.74 Å². The molecule has 0 unspecified atom stereocenters. The molecule has 0 spiro atoms. The topological polar surface area (TPSA) is 87.8 Å². The Labute approximate surface area is 107 Å². The highest BCUT2D eigenvalue weighted by atomic mass is 79.9. The molecular weight excluding hydrogens is 284 g/mol. The van der Waals surface area contributed by atoms with Gasteiger partial charge in [-0.15, -0.1) is 5.10 Å². The summed E-state index contributed by atoms with van der Waals surface area (Å²) in [6.45, 7) is 1.88. The summed E-state index contributed by atoms with van der Waals surface area (Å²) in [4.78, 5) is 0. The number of nitrogens with one attached hydrogen (secondary N) is 2. The number of benzene rings is 1. The number of nitrogens with two attached hydrogens (primary N) is 1. The highest BCUT2D eigenvalue weighted by molar-refractivity contribution is 9.10. The molecular formula is C11H11BrN4O. The van der Waals surface area contributed by atoms with Gasteiger partial charge in [-0.1, -0.05) is 15.9 Å². The maximum Gasteiger partial charge on any atom is 0.238 e. The molecule has 0 bridgehead atoms. The number of hydrogen-bond acceptors (Lipinski definition) is 3. The standard InChI is InChI=1S/C11H11BrN4O/c1-6-4-10(16-15-6)17-9-3-2-7(12)5-8(9)11(13)14/h2-5H,1H3,(H3,13,14)(H,15,16). The lowest BCUT2D eigenvalue weighted by Crippen LogP contribution is -2.12. The molecule has 2 rings (SSSR count). The van der Waals surface area contributed by atoms with Crippen LogP contribution in [0, 0.1) is 12.3 Å². The second-order valence-electron chi connectivity index (χ2n) is 3.55. The van der Waals surface area contributed by atoms with E-state index in [1.165, 1.54) is 0 Å². The van der Waals surface area contributed by atoms with E-state index in [9.17, 15) is 0 Å². The zero-order valence-electron chi connectivity index (χ0n) is 9.12. The lowest BCUT2D eigenvalue weighted by Gasteiger charge is -2.08. The van der Waals surface area contributed by atoms with Crippen LogP contribution >= 0.6 is 15.9 Å². The number of nitrogens with zero attached hydrogens (tertiary/aromatic N) is 1. The van der Waals surface area contributed by atoms with E-state index in [0.29, 0.717) is 17.2 Å². The van der Waals surface area contributed by atoms with Gasteiger partial charge in [0.05, 0.1) is 5.56 Å². The van der Waals surface area contributed by atoms with Crippen molar-refractivity contribution in [2.24, 2.45) is 5.73 Å². The molecule has 88 valence electrons. The van der Waals surface area contributed by atoms with Crippen molar-refractivity contribution in [3.63, 3.8) is 0 Å². The Bertz CT molecular complexity index is 564. The Hall–Kier alpha value is -1.82. The number of amidine groups is 1. The fourth-order valence-corrected chi connectivity index (χ4v) is 1.72. The van der Waals surface area contributed by atoms with Crippen LogP contribution in [0.5, 0.6) is 11.6 Å². The molecule has 0 aliphatic carbocycles. The van der Waals surface area contributed by atoms with Crippen LogP contribution in [0.2, 0.25) is 0 Å². The number of H-pyrrole nitrogens is 1. The lowest BCUT2D eigenvalue weighted by atomic mass is 10.2. The number of rotatable bonds is 3. The molecule has 2 aromatic rings. The number of halogens is 1. The van der Waals surface area contributed by atoms with Gasteiger partial charge >= 0.3 is 0 Å². The minimum Gasteiger partial charge on any atom is -0.437 e. The van der Waals surface area contributed by atoms with E-state index in [-0.39, 0.29) is 5.84 Å². The van der Waals surface area contributed by atoms with Crippen molar-refractivity contribution in [3.8, 4) is 11.6 Å². The van der Waals surface area contributed by atoms with Gasteiger partial charge < -0.3 is 10.5 Å². The molecule has 5 nitrogen and oxygen atoms in total. The van der Waals surface area contributed by atoms with E-state index < -0.39 is 0 Å². The fourth-order valence-electron chi connectivity index (χ4n) is 1.36. The molecule has 1 aromatic carbocycles. The third kappa shape index (κ3) is 2.65. The van der Waals surface area contributed by atoms with Gasteiger partial charge in [0.25, 0.3) is 0 Å². The van der Waals surface area contributed by atoms with E-state index in [2.05, 4.69) is 26.1 Å². The van der Waals surface area contributed by atoms with Gasteiger partial charge in [-0.05, 0) is 25.1 Å². The third-order valence-corrected chi connectivity index (χ3v) is 2.62. The first-order valence-corrected chi connectivity index (χ1v) is 5.69. The summed E-state index contributed by atoms with van der Waals surface area (Å²) >= 11 is 3.32. The second kappa shape index (κ2) is 4.58. The third-order valence-electron chi connectivity index (χ3n) is 2.13. The Morgan fingerprint density at radius 3 is 2.82 bits per heavy atom. The number of nitrogen functional groups attached to an aromatic ring is 1. The van der Waals surface area contributed by atoms with Crippen LogP contribution in [-0.2, 0) is 0 Å². The largest absolute Gasteiger partial charge is 0.437 e. The summed E-state index contributed by atoms with van der Waals surface area (Å²) in [6.07, 6.45) is 0. The molecule has 0 radical (unpaired) electrons. The highest BCUT2D eigenvalue weighted by Gasteiger charge is 2.09. The summed E-state index contributed by atoms with van der Waals surface area (Å²) in [6, 6.07) is 7.06. The van der Waals surface area contributed by atoms with Crippen LogP contribution in [-0.4, -0.2) is 16.0 Å². The van der Waals surface area contributed by atoms with E-state index in [0.717, 1.165) is 10.2 Å². The molecule has 1 heterocycles. The van der Waals surface area contributed by atoms with Crippen molar-refractivity contribution in [1.29, 1.82) is 5.41 Å². The predicted molar refractivity (Wildman–Crippen MR) is 68.6 cm³/mol. The van der Waals surface area contributed by atoms with Crippen LogP contribution < -0.4 is 10.5 Å². The molecule has 6 heteroatoms. The second-order valence-corrected chi connectivity index (χ2v) is 4.46. The number of hydrogen-bond donors (Lipinski definition) is 3. The molecule has 0 saturated heterocycles. The zero-order valence-corrected chi connectivity index (χ0v) is 10.7. The molecule has 0 aliphatic rings. The van der Waals surface area contributed by atoms with E-state index in [1.54, 1.807) is 18.2 Å². The van der Waals surface area contributed by atoms with Crippen LogP contribution in [0.4, 0.5) is 0 Å². The molecule has 4 N–H and O–H groups in total. The van der Waals surface area contributed by atoms with Gasteiger partial charge in [0.2, 0.25) is 5.88 Å². The Balaban J connectivity index is 2.35. The van der Waals surface area contributed by atoms with Crippen molar-refractivity contribution in [3.05, 3.63) is 40.0 Å². The first kappa shape index (κ1) is 11.7. The van der Waals surface area contributed by atoms with Gasteiger partial charge in [0, 0.05) is 16.2 Å². The quantitative estimate of drug-likeness (QED) is 0.600. The van der Waals surface area contributed by atoms with Crippen LogP contribution in [0.3, 0.4) is 0 Å². The number of aromatic nitrogens is 2. The predicted octanol–water partition coefficient (Wildman–Crippen LogP) is 2.56. The molecule has 0 atom stereocenters. The SMILES string of the molecule is Cc1cc(Oc2ccc(Br)cc2C(=N)N)n[nH]1. The Morgan fingerprint density at radius 2 is 2.24 bits per heavy atom. The number of ether oxygens (including phenoxy) is 1. The first-order valence-electron chi connectivity index (χ1n) is 4.90. The van der Waals surface area contributed by atoms with Gasteiger partial charge in [0.15, 0.2) is 0 Å². The van der Waals surface area contributed by atoms with Crippen molar-refractivity contribution in [2.75, 3.05) is 0 Å². The van der Waals surface area contributed by atoms with Crippen LogP contribution in [0.15, 0.2) is 28.7 Å². The summed E-state index contributed by atoms with van der Waals surface area (Å²) in [5.74, 6) is 0.910. The average Bonchev–Trinajstić information content (AvgIpc) is 2.66. The summed E-state index contributed by atoms with van der Waals surface area (Å²) in [7, 11) is 0. The molecule has 17 heavy (non-hydrogen) atoms. The molecule has 1 aromatic heterocycles. The van der Waals surface area contributed by atoms with Crippen molar-refractivity contribution in [1.82, 2.24) is 10.2 Å². The maximum atomic E-state index is 7.49. The Morgan fingerprint density at radius 1 is 1.47 bits per heavy atom. The molecule has 0 saturated carbocycles. The normalized spacial score (nSPS) is 10.2. The average molecular weight is 295 g/mol. The van der Waals surface area contributed by atoms with E-state index in [4.69, 9.17) is 15.9 Å². The van der Waals surface area contributed by atoms with Crippen molar-refractivity contribution in [2.45, 2.75) is 6.92 Å². The van der Waals surface area contributed by atoms with Crippen LogP contribution in [0.25, 0.3) is 0 Å². The molecule has 0 fully saturated rings. The minimum absolute atomic E-state index is 0.0476. The van der Waals surface area contributed by atoms with Crippen LogP contribution in [0.1, 0.15) is 11.3 Å². The summed E-state index contributed by atoms with van der Waals surface area (Å²) in [5.41, 5.74) is 6.93.